The number of ether oxygens (including phenoxy) is 2. The van der Waals surface area contributed by atoms with Crippen LogP contribution in [-0.4, -0.2) is 19.3 Å². The molecule has 1 fully saturated rings. The van der Waals surface area contributed by atoms with Crippen LogP contribution in [0.1, 0.15) is 63.5 Å². The minimum atomic E-state index is 0.476. The van der Waals surface area contributed by atoms with Crippen molar-refractivity contribution in [1.82, 2.24) is 0 Å². The van der Waals surface area contributed by atoms with E-state index < -0.39 is 0 Å². The lowest BCUT2D eigenvalue weighted by molar-refractivity contribution is 0.353. The van der Waals surface area contributed by atoms with Gasteiger partial charge in [0.1, 0.15) is 5.75 Å². The molecule has 0 saturated carbocycles. The van der Waals surface area contributed by atoms with Crippen molar-refractivity contribution in [3.63, 3.8) is 0 Å². The Morgan fingerprint density at radius 2 is 1.95 bits per heavy atom. The van der Waals surface area contributed by atoms with Crippen LogP contribution in [0.4, 0.5) is 0 Å². The third-order valence-corrected chi connectivity index (χ3v) is 4.12. The average molecular weight is 262 g/mol. The first kappa shape index (κ1) is 14.4. The van der Waals surface area contributed by atoms with Crippen molar-refractivity contribution in [3.05, 3.63) is 29.3 Å². The number of hydrogen-bond acceptors (Lipinski definition) is 2. The summed E-state index contributed by atoms with van der Waals surface area (Å²) in [6.07, 6.45) is 3.24. The highest BCUT2D eigenvalue weighted by molar-refractivity contribution is 5.40. The van der Waals surface area contributed by atoms with Gasteiger partial charge in [-0.2, -0.15) is 0 Å². The van der Waals surface area contributed by atoms with Crippen LogP contribution in [-0.2, 0) is 4.74 Å². The van der Waals surface area contributed by atoms with Gasteiger partial charge in [0.25, 0.3) is 0 Å². The molecule has 2 rings (SSSR count). The minimum absolute atomic E-state index is 0.476. The summed E-state index contributed by atoms with van der Waals surface area (Å²) >= 11 is 0. The van der Waals surface area contributed by atoms with Gasteiger partial charge in [0.2, 0.25) is 0 Å². The Morgan fingerprint density at radius 3 is 2.47 bits per heavy atom. The quantitative estimate of drug-likeness (QED) is 0.705. The molecule has 19 heavy (non-hydrogen) atoms. The molecule has 1 aliphatic rings. The molecular formula is C17H26O2. The fraction of sp³-hybridized carbons (Fsp3) is 0.647. The molecule has 106 valence electrons. The highest BCUT2D eigenvalue weighted by Gasteiger charge is 2.37. The topological polar surface area (TPSA) is 21.8 Å². The summed E-state index contributed by atoms with van der Waals surface area (Å²) in [7, 11) is 1.74. The van der Waals surface area contributed by atoms with Crippen LogP contribution in [0.15, 0.2) is 18.2 Å². The fourth-order valence-corrected chi connectivity index (χ4v) is 2.74. The van der Waals surface area contributed by atoms with E-state index in [4.69, 9.17) is 9.47 Å². The first-order chi connectivity index (χ1) is 9.06. The number of benzene rings is 1. The van der Waals surface area contributed by atoms with Gasteiger partial charge in [-0.1, -0.05) is 39.8 Å². The molecule has 0 spiro atoms. The second kappa shape index (κ2) is 5.96. The minimum Gasteiger partial charge on any atom is -0.496 e. The molecule has 1 heterocycles. The van der Waals surface area contributed by atoms with Gasteiger partial charge in [0.15, 0.2) is 0 Å². The standard InChI is InChI=1S/C17H26O2/c1-6-15-17(19-15)9-12(4)13-7-8-16(18-5)14(10-13)11(2)3/h7-8,10-12,15,17H,6,9H2,1-5H3. The molecule has 1 aromatic carbocycles. The lowest BCUT2D eigenvalue weighted by Crippen LogP contribution is -2.03. The zero-order valence-electron chi connectivity index (χ0n) is 12.8. The van der Waals surface area contributed by atoms with Crippen LogP contribution >= 0.6 is 0 Å². The largest absolute Gasteiger partial charge is 0.496 e. The molecule has 0 N–H and O–H groups in total. The van der Waals surface area contributed by atoms with Crippen molar-refractivity contribution in [2.75, 3.05) is 7.11 Å². The first-order valence-electron chi connectivity index (χ1n) is 7.40. The number of hydrogen-bond donors (Lipinski definition) is 0. The van der Waals surface area contributed by atoms with Crippen LogP contribution < -0.4 is 4.74 Å². The predicted molar refractivity (Wildman–Crippen MR) is 79.1 cm³/mol. The Balaban J connectivity index is 2.09. The first-order valence-corrected chi connectivity index (χ1v) is 7.40. The summed E-state index contributed by atoms with van der Waals surface area (Å²) in [5.41, 5.74) is 2.70. The maximum absolute atomic E-state index is 5.66. The van der Waals surface area contributed by atoms with Crippen LogP contribution in [0.25, 0.3) is 0 Å². The van der Waals surface area contributed by atoms with Crippen LogP contribution in [0.2, 0.25) is 0 Å². The molecule has 1 aromatic rings. The SMILES string of the molecule is CCC1OC1CC(C)c1ccc(OC)c(C(C)C)c1. The second-order valence-corrected chi connectivity index (χ2v) is 5.91. The molecule has 0 aromatic heterocycles. The zero-order valence-corrected chi connectivity index (χ0v) is 12.8. The normalized spacial score (nSPS) is 23.5. The highest BCUT2D eigenvalue weighted by Crippen LogP contribution is 2.36. The number of rotatable bonds is 6. The molecule has 3 unspecified atom stereocenters. The molecule has 2 nitrogen and oxygen atoms in total. The molecule has 2 heteroatoms. The van der Waals surface area contributed by atoms with Crippen molar-refractivity contribution < 1.29 is 9.47 Å². The number of methoxy groups -OCH3 is 1. The van der Waals surface area contributed by atoms with Crippen molar-refractivity contribution in [2.45, 2.75) is 64.6 Å². The van der Waals surface area contributed by atoms with Crippen LogP contribution in [0.5, 0.6) is 5.75 Å². The summed E-state index contributed by atoms with van der Waals surface area (Å²) in [6, 6.07) is 6.60. The average Bonchev–Trinajstić information content (AvgIpc) is 3.16. The smallest absolute Gasteiger partial charge is 0.122 e. The van der Waals surface area contributed by atoms with Crippen molar-refractivity contribution in [1.29, 1.82) is 0 Å². The van der Waals surface area contributed by atoms with E-state index in [1.165, 1.54) is 11.1 Å². The van der Waals surface area contributed by atoms with Crippen molar-refractivity contribution >= 4 is 0 Å². The van der Waals surface area contributed by atoms with Gasteiger partial charge in [-0.3, -0.25) is 0 Å². The van der Waals surface area contributed by atoms with Gasteiger partial charge in [-0.15, -0.1) is 0 Å². The van der Waals surface area contributed by atoms with E-state index in [1.807, 2.05) is 0 Å². The summed E-state index contributed by atoms with van der Waals surface area (Å²) in [6.45, 7) is 8.91. The monoisotopic (exact) mass is 262 g/mol. The van der Waals surface area contributed by atoms with Gasteiger partial charge in [-0.05, 0) is 41.9 Å². The van der Waals surface area contributed by atoms with E-state index in [-0.39, 0.29) is 0 Å². The van der Waals surface area contributed by atoms with Gasteiger partial charge in [0.05, 0.1) is 19.3 Å². The second-order valence-electron chi connectivity index (χ2n) is 5.91. The predicted octanol–water partition coefficient (Wildman–Crippen LogP) is 4.49. The fourth-order valence-electron chi connectivity index (χ4n) is 2.74. The maximum atomic E-state index is 5.66. The molecule has 0 radical (unpaired) electrons. The van der Waals surface area contributed by atoms with E-state index in [0.717, 1.165) is 18.6 Å². The molecule has 0 aliphatic carbocycles. The van der Waals surface area contributed by atoms with Crippen molar-refractivity contribution in [2.24, 2.45) is 0 Å². The summed E-state index contributed by atoms with van der Waals surface area (Å²) < 4.78 is 11.1. The Kier molecular flexibility index (Phi) is 4.51. The molecule has 3 atom stereocenters. The molecule has 0 bridgehead atoms. The molecule has 1 saturated heterocycles. The van der Waals surface area contributed by atoms with E-state index in [2.05, 4.69) is 45.9 Å². The molecule has 1 aliphatic heterocycles. The summed E-state index contributed by atoms with van der Waals surface area (Å²) in [5.74, 6) is 2.03. The van der Waals surface area contributed by atoms with Gasteiger partial charge < -0.3 is 9.47 Å². The Bertz CT molecular complexity index is 425. The zero-order chi connectivity index (χ0) is 14.0. The third kappa shape index (κ3) is 3.30. The van der Waals surface area contributed by atoms with E-state index in [0.29, 0.717) is 24.0 Å². The highest BCUT2D eigenvalue weighted by atomic mass is 16.6. The van der Waals surface area contributed by atoms with E-state index in [9.17, 15) is 0 Å². The third-order valence-electron chi connectivity index (χ3n) is 4.12. The van der Waals surface area contributed by atoms with E-state index >= 15 is 0 Å². The Labute approximate surface area is 117 Å². The maximum Gasteiger partial charge on any atom is 0.122 e. The summed E-state index contributed by atoms with van der Waals surface area (Å²) in [4.78, 5) is 0. The Morgan fingerprint density at radius 1 is 1.21 bits per heavy atom. The molecular weight excluding hydrogens is 236 g/mol. The van der Waals surface area contributed by atoms with E-state index in [1.54, 1.807) is 7.11 Å². The van der Waals surface area contributed by atoms with Gasteiger partial charge in [-0.25, -0.2) is 0 Å². The lowest BCUT2D eigenvalue weighted by atomic mass is 9.91. The van der Waals surface area contributed by atoms with Crippen LogP contribution in [0, 0.1) is 0 Å². The number of epoxide rings is 1. The lowest BCUT2D eigenvalue weighted by Gasteiger charge is -2.17. The van der Waals surface area contributed by atoms with Gasteiger partial charge >= 0.3 is 0 Å². The van der Waals surface area contributed by atoms with Crippen LogP contribution in [0.3, 0.4) is 0 Å². The Hall–Kier alpha value is -1.02. The molecule has 0 amide bonds. The van der Waals surface area contributed by atoms with Gasteiger partial charge in [0, 0.05) is 0 Å². The summed E-state index contributed by atoms with van der Waals surface area (Å²) in [5, 5.41) is 0. The van der Waals surface area contributed by atoms with Crippen molar-refractivity contribution in [3.8, 4) is 5.75 Å².